The lowest BCUT2D eigenvalue weighted by atomic mass is 9.86. The van der Waals surface area contributed by atoms with E-state index in [9.17, 15) is 24.8 Å². The Labute approximate surface area is 213 Å². The number of carbonyl (C=O) groups is 1. The molecule has 2 aliphatic heterocycles. The highest BCUT2D eigenvalue weighted by Gasteiger charge is 2.45. The van der Waals surface area contributed by atoms with Crippen molar-refractivity contribution in [3.05, 3.63) is 61.4 Å². The number of nitro benzene ring substituents is 1. The van der Waals surface area contributed by atoms with Crippen LogP contribution in [-0.4, -0.2) is 32.1 Å². The van der Waals surface area contributed by atoms with Crippen LogP contribution in [-0.2, 0) is 28.3 Å². The van der Waals surface area contributed by atoms with Gasteiger partial charge in [0.25, 0.3) is 11.2 Å². The number of fused-ring (bicyclic) bond motifs is 5. The van der Waals surface area contributed by atoms with E-state index in [0.717, 1.165) is 31.2 Å². The second-order valence-corrected chi connectivity index (χ2v) is 9.76. The van der Waals surface area contributed by atoms with Crippen LogP contribution in [0.2, 0.25) is 0 Å². The number of ether oxygens (including phenoxy) is 1. The summed E-state index contributed by atoms with van der Waals surface area (Å²) in [7, 11) is 0. The van der Waals surface area contributed by atoms with Crippen molar-refractivity contribution in [3.8, 4) is 11.4 Å². The molecule has 0 amide bonds. The predicted octanol–water partition coefficient (Wildman–Crippen LogP) is 4.37. The molecule has 10 nitrogen and oxygen atoms in total. The number of anilines is 1. The van der Waals surface area contributed by atoms with Crippen molar-refractivity contribution in [2.45, 2.75) is 71.1 Å². The van der Waals surface area contributed by atoms with Gasteiger partial charge in [-0.05, 0) is 25.0 Å². The number of pyridine rings is 2. The third-order valence-electron chi connectivity index (χ3n) is 7.40. The molecular weight excluding hydrogens is 476 g/mol. The molecule has 1 atom stereocenters. The zero-order chi connectivity index (χ0) is 26.3. The van der Waals surface area contributed by atoms with Gasteiger partial charge in [0.05, 0.1) is 39.6 Å². The molecule has 2 aliphatic rings. The van der Waals surface area contributed by atoms with E-state index in [1.54, 1.807) is 17.6 Å². The van der Waals surface area contributed by atoms with Gasteiger partial charge in [0, 0.05) is 35.2 Å². The number of rotatable bonds is 9. The molecule has 0 bridgehead atoms. The van der Waals surface area contributed by atoms with Gasteiger partial charge in [-0.2, -0.15) is 0 Å². The lowest BCUT2D eigenvalue weighted by molar-refractivity contribution is -0.384. The highest BCUT2D eigenvalue weighted by Crippen LogP contribution is 2.40. The summed E-state index contributed by atoms with van der Waals surface area (Å²) in [4.78, 5) is 41.8. The zero-order valence-electron chi connectivity index (χ0n) is 21.0. The molecule has 10 heteroatoms. The number of unbranched alkanes of at least 4 members (excludes halogenated alkanes) is 4. The topological polar surface area (TPSA) is 137 Å². The smallest absolute Gasteiger partial charge is 0.343 e. The van der Waals surface area contributed by atoms with Crippen molar-refractivity contribution < 1.29 is 19.6 Å². The van der Waals surface area contributed by atoms with Gasteiger partial charge in [0.2, 0.25) is 0 Å². The number of nitrogens with one attached hydrogen (secondary N) is 1. The van der Waals surface area contributed by atoms with Crippen LogP contribution in [0.15, 0.2) is 29.1 Å². The number of hydrogen-bond acceptors (Lipinski definition) is 8. The molecule has 194 valence electrons. The summed E-state index contributed by atoms with van der Waals surface area (Å²) >= 11 is 0. The number of cyclic esters (lactones) is 1. The Morgan fingerprint density at radius 2 is 1.95 bits per heavy atom. The van der Waals surface area contributed by atoms with E-state index < -0.39 is 16.5 Å². The minimum atomic E-state index is -1.90. The number of esters is 1. The zero-order valence-corrected chi connectivity index (χ0v) is 21.0. The van der Waals surface area contributed by atoms with Crippen LogP contribution in [0, 0.1) is 10.1 Å². The van der Waals surface area contributed by atoms with Gasteiger partial charge >= 0.3 is 5.97 Å². The van der Waals surface area contributed by atoms with E-state index in [1.807, 2.05) is 6.07 Å². The molecule has 2 N–H and O–H groups in total. The summed E-state index contributed by atoms with van der Waals surface area (Å²) in [5.74, 6) is -0.769. The van der Waals surface area contributed by atoms with Crippen LogP contribution < -0.4 is 10.9 Å². The van der Waals surface area contributed by atoms with Gasteiger partial charge in [-0.15, -0.1) is 0 Å². The molecule has 0 saturated heterocycles. The van der Waals surface area contributed by atoms with Crippen molar-refractivity contribution >= 4 is 28.2 Å². The van der Waals surface area contributed by atoms with Gasteiger partial charge in [0.1, 0.15) is 6.61 Å². The lowest BCUT2D eigenvalue weighted by Gasteiger charge is -2.31. The molecule has 1 aromatic carbocycles. The number of aromatic nitrogens is 2. The van der Waals surface area contributed by atoms with E-state index >= 15 is 0 Å². The quantitative estimate of drug-likeness (QED) is 0.148. The highest BCUT2D eigenvalue weighted by atomic mass is 16.6. The van der Waals surface area contributed by atoms with Gasteiger partial charge in [-0.3, -0.25) is 14.9 Å². The Morgan fingerprint density at radius 1 is 1.16 bits per heavy atom. The van der Waals surface area contributed by atoms with Gasteiger partial charge < -0.3 is 19.7 Å². The molecule has 0 fully saturated rings. The molecular formula is C27H30N4O6. The molecule has 37 heavy (non-hydrogen) atoms. The molecule has 0 saturated carbocycles. The third kappa shape index (κ3) is 4.15. The van der Waals surface area contributed by atoms with Crippen molar-refractivity contribution in [2.24, 2.45) is 0 Å². The Kier molecular flexibility index (Phi) is 6.45. The Bertz CT molecular complexity index is 1480. The number of benzene rings is 1. The van der Waals surface area contributed by atoms with Crippen molar-refractivity contribution in [3.63, 3.8) is 0 Å². The Morgan fingerprint density at radius 3 is 2.68 bits per heavy atom. The van der Waals surface area contributed by atoms with E-state index in [4.69, 9.17) is 9.72 Å². The number of carbonyl (C=O) groups excluding carboxylic acids is 1. The average Bonchev–Trinajstić information content (AvgIpc) is 3.25. The molecule has 4 heterocycles. The summed E-state index contributed by atoms with van der Waals surface area (Å²) in [5.41, 5.74) is 1.18. The number of hydrogen-bond donors (Lipinski definition) is 2. The second-order valence-electron chi connectivity index (χ2n) is 9.76. The first-order chi connectivity index (χ1) is 17.8. The van der Waals surface area contributed by atoms with E-state index in [-0.39, 0.29) is 41.9 Å². The van der Waals surface area contributed by atoms with Crippen LogP contribution >= 0.6 is 0 Å². The Balaban J connectivity index is 1.60. The first kappa shape index (κ1) is 24.9. The van der Waals surface area contributed by atoms with Crippen LogP contribution in [0.3, 0.4) is 0 Å². The van der Waals surface area contributed by atoms with Crippen molar-refractivity contribution in [1.29, 1.82) is 0 Å². The van der Waals surface area contributed by atoms with Gasteiger partial charge in [-0.25, -0.2) is 9.78 Å². The Hall–Kier alpha value is -3.79. The molecule has 2 aromatic heterocycles. The molecule has 0 radical (unpaired) electrons. The van der Waals surface area contributed by atoms with E-state index in [1.165, 1.54) is 18.6 Å². The maximum atomic E-state index is 13.4. The number of non-ortho nitro benzene ring substituents is 1. The second kappa shape index (κ2) is 9.59. The first-order valence-corrected chi connectivity index (χ1v) is 12.8. The van der Waals surface area contributed by atoms with Crippen LogP contribution in [0.1, 0.15) is 69.1 Å². The lowest BCUT2D eigenvalue weighted by Crippen LogP contribution is -2.44. The molecule has 0 unspecified atom stereocenters. The molecule has 0 aliphatic carbocycles. The van der Waals surface area contributed by atoms with E-state index in [2.05, 4.69) is 12.2 Å². The predicted molar refractivity (Wildman–Crippen MR) is 138 cm³/mol. The fourth-order valence-corrected chi connectivity index (χ4v) is 5.27. The van der Waals surface area contributed by atoms with Gasteiger partial charge in [0.15, 0.2) is 5.60 Å². The SMILES string of the molecule is CCCCCCCNc1cc([N+](=O)[O-])cc2cc3c(nc12)-c1cc2c(c(=O)n1C3)COC(=O)[C@]2(O)CC. The minimum absolute atomic E-state index is 0.0328. The normalized spacial score (nSPS) is 17.8. The summed E-state index contributed by atoms with van der Waals surface area (Å²) in [6.45, 7) is 4.52. The first-order valence-electron chi connectivity index (χ1n) is 12.8. The number of aliphatic hydroxyl groups is 1. The van der Waals surface area contributed by atoms with Crippen molar-refractivity contribution in [2.75, 3.05) is 11.9 Å². The molecule has 0 spiro atoms. The summed E-state index contributed by atoms with van der Waals surface area (Å²) in [6.07, 6.45) is 5.55. The van der Waals surface area contributed by atoms with Gasteiger partial charge in [-0.1, -0.05) is 39.5 Å². The highest BCUT2D eigenvalue weighted by molar-refractivity contribution is 5.95. The van der Waals surface area contributed by atoms with Crippen molar-refractivity contribution in [1.82, 2.24) is 9.55 Å². The molecule has 3 aromatic rings. The number of nitrogens with zero attached hydrogens (tertiary/aromatic N) is 3. The number of nitro groups is 1. The monoisotopic (exact) mass is 506 g/mol. The minimum Gasteiger partial charge on any atom is -0.458 e. The summed E-state index contributed by atoms with van der Waals surface area (Å²) in [6, 6.07) is 6.48. The fraction of sp³-hybridized carbons (Fsp3) is 0.444. The molecule has 5 rings (SSSR count). The van der Waals surface area contributed by atoms with E-state index in [0.29, 0.717) is 34.5 Å². The van der Waals surface area contributed by atoms with Crippen LogP contribution in [0.4, 0.5) is 11.4 Å². The van der Waals surface area contributed by atoms with Crippen LogP contribution in [0.25, 0.3) is 22.3 Å². The largest absolute Gasteiger partial charge is 0.458 e. The maximum absolute atomic E-state index is 13.4. The average molecular weight is 507 g/mol. The summed E-state index contributed by atoms with van der Waals surface area (Å²) < 4.78 is 6.68. The van der Waals surface area contributed by atoms with Crippen LogP contribution in [0.5, 0.6) is 0 Å². The fourth-order valence-electron chi connectivity index (χ4n) is 5.27. The third-order valence-corrected chi connectivity index (χ3v) is 7.40. The maximum Gasteiger partial charge on any atom is 0.343 e. The standard InChI is InChI=1S/C27H30N4O6/c1-3-5-6-7-8-9-28-21-12-18(31(35)36)11-16-10-17-14-30-22(24(17)29-23(16)21)13-20-19(25(30)32)15-37-26(33)27(20,34)4-2/h10-13,28,34H,3-9,14-15H2,1-2H3/t27-/m0/s1. The summed E-state index contributed by atoms with van der Waals surface area (Å²) in [5, 5.41) is 26.6.